The van der Waals surface area contributed by atoms with Crippen molar-refractivity contribution in [2.24, 2.45) is 11.8 Å². The molecule has 1 aliphatic rings. The van der Waals surface area contributed by atoms with Crippen LogP contribution >= 0.6 is 11.6 Å². The van der Waals surface area contributed by atoms with Crippen LogP contribution in [0.2, 0.25) is 5.28 Å². The molecule has 1 aliphatic carbocycles. The molecule has 3 atom stereocenters. The van der Waals surface area contributed by atoms with Gasteiger partial charge in [-0.25, -0.2) is 0 Å². The lowest BCUT2D eigenvalue weighted by Crippen LogP contribution is -2.35. The summed E-state index contributed by atoms with van der Waals surface area (Å²) in [5, 5.41) is 11.0. The highest BCUT2D eigenvalue weighted by Gasteiger charge is 2.27. The fraction of sp³-hybridized carbons (Fsp3) is 0.727. The monoisotopic (exact) mass is 240 g/mol. The minimum absolute atomic E-state index is 0.196. The molecule has 3 unspecified atom stereocenters. The van der Waals surface area contributed by atoms with E-state index in [9.17, 15) is 0 Å². The summed E-state index contributed by atoms with van der Waals surface area (Å²) in [6.07, 6.45) is 5.41. The summed E-state index contributed by atoms with van der Waals surface area (Å²) in [5.41, 5.74) is 0. The normalized spacial score (nSPS) is 30.1. The Morgan fingerprint density at radius 2 is 2.19 bits per heavy atom. The molecule has 1 fully saturated rings. The second-order valence-corrected chi connectivity index (χ2v) is 4.97. The summed E-state index contributed by atoms with van der Waals surface area (Å²) in [4.78, 5) is 4.11. The Morgan fingerprint density at radius 3 is 2.94 bits per heavy atom. The molecule has 0 radical (unpaired) electrons. The summed E-state index contributed by atoms with van der Waals surface area (Å²) < 4.78 is 0. The largest absolute Gasteiger partial charge is 0.366 e. The zero-order valence-corrected chi connectivity index (χ0v) is 10.4. The van der Waals surface area contributed by atoms with E-state index in [4.69, 9.17) is 11.6 Å². The summed E-state index contributed by atoms with van der Waals surface area (Å²) in [7, 11) is 0. The summed E-state index contributed by atoms with van der Waals surface area (Å²) >= 11 is 5.70. The minimum Gasteiger partial charge on any atom is -0.366 e. The Kier molecular flexibility index (Phi) is 3.59. The molecule has 0 bridgehead atoms. The van der Waals surface area contributed by atoms with Gasteiger partial charge in [-0.3, -0.25) is 0 Å². The van der Waals surface area contributed by atoms with Crippen LogP contribution < -0.4 is 5.32 Å². The highest BCUT2D eigenvalue weighted by molar-refractivity contribution is 6.28. The van der Waals surface area contributed by atoms with Gasteiger partial charge in [0.1, 0.15) is 5.82 Å². The van der Waals surface area contributed by atoms with Crippen molar-refractivity contribution in [3.8, 4) is 0 Å². The molecule has 0 aliphatic heterocycles. The molecule has 0 saturated heterocycles. The van der Waals surface area contributed by atoms with E-state index in [1.165, 1.54) is 19.3 Å². The number of anilines is 1. The first-order valence-electron chi connectivity index (χ1n) is 5.78. The number of halogens is 1. The number of hydrogen-bond donors (Lipinski definition) is 1. The third-order valence-electron chi connectivity index (χ3n) is 3.57. The molecule has 1 aromatic rings. The van der Waals surface area contributed by atoms with E-state index in [1.807, 2.05) is 0 Å². The maximum Gasteiger partial charge on any atom is 0.244 e. The average Bonchev–Trinajstić information content (AvgIpc) is 2.25. The maximum absolute atomic E-state index is 5.70. The Balaban J connectivity index is 2.03. The number of nitrogens with one attached hydrogen (secondary N) is 1. The highest BCUT2D eigenvalue weighted by atomic mass is 35.5. The molecule has 1 N–H and O–H groups in total. The van der Waals surface area contributed by atoms with E-state index >= 15 is 0 Å². The van der Waals surface area contributed by atoms with Gasteiger partial charge in [-0.1, -0.05) is 26.7 Å². The highest BCUT2D eigenvalue weighted by Crippen LogP contribution is 2.31. The van der Waals surface area contributed by atoms with Gasteiger partial charge in [-0.05, 0) is 29.9 Å². The SMILES string of the molecule is CC1CCCC(Nc2cnnc(Cl)n2)C1C. The minimum atomic E-state index is 0.196. The topological polar surface area (TPSA) is 50.7 Å². The van der Waals surface area contributed by atoms with E-state index in [0.29, 0.717) is 12.0 Å². The first kappa shape index (κ1) is 11.6. The molecule has 1 saturated carbocycles. The lowest BCUT2D eigenvalue weighted by Gasteiger charge is -2.34. The maximum atomic E-state index is 5.70. The predicted octanol–water partition coefficient (Wildman–Crippen LogP) is 2.76. The third-order valence-corrected chi connectivity index (χ3v) is 3.73. The molecule has 0 spiro atoms. The van der Waals surface area contributed by atoms with Gasteiger partial charge < -0.3 is 5.32 Å². The molecule has 1 aromatic heterocycles. The zero-order chi connectivity index (χ0) is 11.5. The van der Waals surface area contributed by atoms with Crippen LogP contribution in [0.25, 0.3) is 0 Å². The molecule has 0 amide bonds. The summed E-state index contributed by atoms with van der Waals surface area (Å²) in [6.45, 7) is 4.60. The average molecular weight is 241 g/mol. The molecule has 0 aromatic carbocycles. The van der Waals surface area contributed by atoms with Crippen molar-refractivity contribution in [1.29, 1.82) is 0 Å². The summed E-state index contributed by atoms with van der Waals surface area (Å²) in [5.74, 6) is 2.14. The van der Waals surface area contributed by atoms with Crippen molar-refractivity contribution in [2.45, 2.75) is 39.2 Å². The molecule has 1 heterocycles. The van der Waals surface area contributed by atoms with Gasteiger partial charge in [-0.2, -0.15) is 10.1 Å². The number of rotatable bonds is 2. The smallest absolute Gasteiger partial charge is 0.244 e. The van der Waals surface area contributed by atoms with Gasteiger partial charge in [0.05, 0.1) is 6.20 Å². The molecule has 16 heavy (non-hydrogen) atoms. The second kappa shape index (κ2) is 4.95. The van der Waals surface area contributed by atoms with Gasteiger partial charge in [0.25, 0.3) is 0 Å². The van der Waals surface area contributed by atoms with E-state index in [2.05, 4.69) is 34.3 Å². The van der Waals surface area contributed by atoms with Crippen molar-refractivity contribution in [2.75, 3.05) is 5.32 Å². The zero-order valence-electron chi connectivity index (χ0n) is 9.65. The van der Waals surface area contributed by atoms with Crippen molar-refractivity contribution < 1.29 is 0 Å². The van der Waals surface area contributed by atoms with Gasteiger partial charge in [0.2, 0.25) is 5.28 Å². The first-order valence-corrected chi connectivity index (χ1v) is 6.16. The Morgan fingerprint density at radius 1 is 1.38 bits per heavy atom. The van der Waals surface area contributed by atoms with Gasteiger partial charge in [0, 0.05) is 6.04 Å². The summed E-state index contributed by atoms with van der Waals surface area (Å²) in [6, 6.07) is 0.469. The fourth-order valence-corrected chi connectivity index (χ4v) is 2.46. The van der Waals surface area contributed by atoms with Crippen molar-refractivity contribution >= 4 is 17.4 Å². The third kappa shape index (κ3) is 2.61. The number of hydrogen-bond acceptors (Lipinski definition) is 4. The molecular weight excluding hydrogens is 224 g/mol. The standard InChI is InChI=1S/C11H17ClN4/c1-7-4-3-5-9(8(7)2)14-10-6-13-16-11(12)15-10/h6-9H,3-5H2,1-2H3,(H,14,15,16). The van der Waals surface area contributed by atoms with Crippen LogP contribution in [0.3, 0.4) is 0 Å². The van der Waals surface area contributed by atoms with Crippen molar-refractivity contribution in [3.63, 3.8) is 0 Å². The van der Waals surface area contributed by atoms with E-state index in [0.717, 1.165) is 11.7 Å². The Hall–Kier alpha value is -0.900. The first-order chi connectivity index (χ1) is 7.66. The molecular formula is C11H17ClN4. The molecule has 2 rings (SSSR count). The van der Waals surface area contributed by atoms with Crippen LogP contribution in [0, 0.1) is 11.8 Å². The van der Waals surface area contributed by atoms with E-state index in [-0.39, 0.29) is 5.28 Å². The quantitative estimate of drug-likeness (QED) is 0.864. The van der Waals surface area contributed by atoms with Crippen LogP contribution in [0.15, 0.2) is 6.20 Å². The Bertz CT molecular complexity index is 358. The Labute approximate surface area is 101 Å². The van der Waals surface area contributed by atoms with Crippen LogP contribution in [0.1, 0.15) is 33.1 Å². The lowest BCUT2D eigenvalue weighted by molar-refractivity contribution is 0.253. The second-order valence-electron chi connectivity index (χ2n) is 4.63. The van der Waals surface area contributed by atoms with Crippen LogP contribution in [0.4, 0.5) is 5.82 Å². The molecule has 4 nitrogen and oxygen atoms in total. The van der Waals surface area contributed by atoms with Crippen LogP contribution in [-0.2, 0) is 0 Å². The van der Waals surface area contributed by atoms with Crippen LogP contribution in [0.5, 0.6) is 0 Å². The van der Waals surface area contributed by atoms with Gasteiger partial charge >= 0.3 is 0 Å². The predicted molar refractivity (Wildman–Crippen MR) is 64.4 cm³/mol. The van der Waals surface area contributed by atoms with Crippen LogP contribution in [-0.4, -0.2) is 21.2 Å². The van der Waals surface area contributed by atoms with Crippen molar-refractivity contribution in [1.82, 2.24) is 15.2 Å². The molecule has 5 heteroatoms. The van der Waals surface area contributed by atoms with E-state index in [1.54, 1.807) is 6.20 Å². The van der Waals surface area contributed by atoms with Gasteiger partial charge in [-0.15, -0.1) is 5.10 Å². The number of aromatic nitrogens is 3. The fourth-order valence-electron chi connectivity index (χ4n) is 2.33. The van der Waals surface area contributed by atoms with Gasteiger partial charge in [0.15, 0.2) is 0 Å². The number of nitrogens with zero attached hydrogens (tertiary/aromatic N) is 3. The van der Waals surface area contributed by atoms with E-state index < -0.39 is 0 Å². The lowest BCUT2D eigenvalue weighted by atomic mass is 9.78. The van der Waals surface area contributed by atoms with Crippen molar-refractivity contribution in [3.05, 3.63) is 11.5 Å². The molecule has 88 valence electrons.